The highest BCUT2D eigenvalue weighted by Gasteiger charge is 2.16. The molecule has 8 heteroatoms. The molecule has 1 aromatic heterocycles. The molecule has 0 aliphatic carbocycles. The average molecular weight is 295 g/mol. The molecule has 7 nitrogen and oxygen atoms in total. The van der Waals surface area contributed by atoms with Crippen molar-refractivity contribution in [1.29, 1.82) is 0 Å². The maximum absolute atomic E-state index is 12.3. The van der Waals surface area contributed by atoms with Crippen molar-refractivity contribution in [2.45, 2.75) is 18.0 Å². The van der Waals surface area contributed by atoms with Gasteiger partial charge in [0.15, 0.2) is 0 Å². The van der Waals surface area contributed by atoms with Gasteiger partial charge in [-0.15, -0.1) is 5.10 Å². The Morgan fingerprint density at radius 1 is 1.30 bits per heavy atom. The van der Waals surface area contributed by atoms with Crippen LogP contribution in [0.2, 0.25) is 0 Å². The summed E-state index contributed by atoms with van der Waals surface area (Å²) in [6.45, 7) is 1.20. The van der Waals surface area contributed by atoms with Crippen LogP contribution >= 0.6 is 0 Å². The van der Waals surface area contributed by atoms with Gasteiger partial charge in [-0.3, -0.25) is 4.68 Å². The first-order valence-electron chi connectivity index (χ1n) is 6.20. The van der Waals surface area contributed by atoms with Gasteiger partial charge in [0.1, 0.15) is 0 Å². The van der Waals surface area contributed by atoms with Crippen molar-refractivity contribution in [1.82, 2.24) is 25.0 Å². The Balaban J connectivity index is 2.06. The Labute approximate surface area is 118 Å². The summed E-state index contributed by atoms with van der Waals surface area (Å²) in [5.74, 6) is 0. The first kappa shape index (κ1) is 14.6. The molecule has 1 heterocycles. The van der Waals surface area contributed by atoms with Gasteiger partial charge in [-0.2, -0.15) is 0 Å². The predicted molar refractivity (Wildman–Crippen MR) is 74.4 cm³/mol. The van der Waals surface area contributed by atoms with Gasteiger partial charge in [0.05, 0.1) is 17.6 Å². The van der Waals surface area contributed by atoms with Crippen LogP contribution < -0.4 is 10.0 Å². The van der Waals surface area contributed by atoms with Crippen LogP contribution in [0.3, 0.4) is 0 Å². The van der Waals surface area contributed by atoms with E-state index in [1.807, 2.05) is 6.07 Å². The minimum absolute atomic E-state index is 0.263. The summed E-state index contributed by atoms with van der Waals surface area (Å²) >= 11 is 0. The van der Waals surface area contributed by atoms with E-state index in [-0.39, 0.29) is 6.54 Å². The highest BCUT2D eigenvalue weighted by Crippen LogP contribution is 2.14. The highest BCUT2D eigenvalue weighted by atomic mass is 32.2. The summed E-state index contributed by atoms with van der Waals surface area (Å²) in [4.78, 5) is 0.299. The van der Waals surface area contributed by atoms with E-state index in [4.69, 9.17) is 0 Å². The summed E-state index contributed by atoms with van der Waals surface area (Å²) in [7, 11) is -1.74. The Morgan fingerprint density at radius 3 is 2.80 bits per heavy atom. The molecule has 2 rings (SSSR count). The third-order valence-electron chi connectivity index (χ3n) is 2.73. The Hall–Kier alpha value is -1.77. The molecule has 0 aliphatic rings. The normalized spacial score (nSPS) is 11.7. The second-order valence-corrected chi connectivity index (χ2v) is 5.94. The molecule has 0 radical (unpaired) electrons. The van der Waals surface area contributed by atoms with Crippen LogP contribution in [0.4, 0.5) is 0 Å². The molecular weight excluding hydrogens is 278 g/mol. The SMILES string of the molecule is CNCc1ccccc1S(=O)(=O)NCCn1ccnn1. The van der Waals surface area contributed by atoms with E-state index in [1.54, 1.807) is 42.3 Å². The maximum Gasteiger partial charge on any atom is 0.240 e. The van der Waals surface area contributed by atoms with Crippen molar-refractivity contribution in [2.75, 3.05) is 13.6 Å². The summed E-state index contributed by atoms with van der Waals surface area (Å²) in [5.41, 5.74) is 0.739. The summed E-state index contributed by atoms with van der Waals surface area (Å²) in [6, 6.07) is 6.93. The Bertz CT molecular complexity index is 640. The molecule has 1 aromatic carbocycles. The summed E-state index contributed by atoms with van der Waals surface area (Å²) in [6.07, 6.45) is 3.24. The van der Waals surface area contributed by atoms with Crippen molar-refractivity contribution >= 4 is 10.0 Å². The van der Waals surface area contributed by atoms with E-state index in [9.17, 15) is 8.42 Å². The van der Waals surface area contributed by atoms with Crippen LogP contribution in [0.25, 0.3) is 0 Å². The molecule has 20 heavy (non-hydrogen) atoms. The fourth-order valence-corrected chi connectivity index (χ4v) is 3.09. The second kappa shape index (κ2) is 6.60. The minimum atomic E-state index is -3.52. The molecule has 0 fully saturated rings. The van der Waals surface area contributed by atoms with E-state index in [0.717, 1.165) is 5.56 Å². The average Bonchev–Trinajstić information content (AvgIpc) is 2.92. The van der Waals surface area contributed by atoms with E-state index in [0.29, 0.717) is 18.0 Å². The molecule has 0 amide bonds. The molecule has 0 aliphatic heterocycles. The quantitative estimate of drug-likeness (QED) is 0.749. The first-order chi connectivity index (χ1) is 9.63. The van der Waals surface area contributed by atoms with Gasteiger partial charge in [0.2, 0.25) is 10.0 Å². The maximum atomic E-state index is 12.3. The zero-order valence-corrected chi connectivity index (χ0v) is 12.0. The van der Waals surface area contributed by atoms with E-state index >= 15 is 0 Å². The van der Waals surface area contributed by atoms with Crippen molar-refractivity contribution < 1.29 is 8.42 Å². The van der Waals surface area contributed by atoms with Gasteiger partial charge in [-0.25, -0.2) is 13.1 Å². The lowest BCUT2D eigenvalue weighted by atomic mass is 10.2. The van der Waals surface area contributed by atoms with Crippen molar-refractivity contribution in [3.63, 3.8) is 0 Å². The predicted octanol–water partition coefficient (Wildman–Crippen LogP) is -0.0240. The lowest BCUT2D eigenvalue weighted by Gasteiger charge is -2.11. The Kier molecular flexibility index (Phi) is 4.83. The summed E-state index contributed by atoms with van der Waals surface area (Å²) in [5, 5.41) is 10.4. The fourth-order valence-electron chi connectivity index (χ4n) is 1.83. The number of benzene rings is 1. The van der Waals surface area contributed by atoms with Crippen molar-refractivity contribution in [3.05, 3.63) is 42.2 Å². The fraction of sp³-hybridized carbons (Fsp3) is 0.333. The summed E-state index contributed by atoms with van der Waals surface area (Å²) < 4.78 is 28.7. The zero-order chi connectivity index (χ0) is 14.4. The lowest BCUT2D eigenvalue weighted by Crippen LogP contribution is -2.28. The van der Waals surface area contributed by atoms with Gasteiger partial charge in [0, 0.05) is 19.3 Å². The monoisotopic (exact) mass is 295 g/mol. The molecule has 0 bridgehead atoms. The number of hydrogen-bond acceptors (Lipinski definition) is 5. The largest absolute Gasteiger partial charge is 0.316 e. The zero-order valence-electron chi connectivity index (χ0n) is 11.2. The third kappa shape index (κ3) is 3.62. The molecule has 108 valence electrons. The van der Waals surface area contributed by atoms with Crippen LogP contribution in [-0.2, 0) is 23.1 Å². The third-order valence-corrected chi connectivity index (χ3v) is 4.30. The van der Waals surface area contributed by atoms with Gasteiger partial charge in [-0.1, -0.05) is 23.4 Å². The second-order valence-electron chi connectivity index (χ2n) is 4.20. The standard InChI is InChI=1S/C12H17N5O2S/c1-13-10-11-4-2-3-5-12(11)20(18,19)15-7-9-17-8-6-14-16-17/h2-6,8,13,15H,7,9-10H2,1H3. The van der Waals surface area contributed by atoms with Crippen LogP contribution in [0.15, 0.2) is 41.6 Å². The van der Waals surface area contributed by atoms with Crippen LogP contribution in [0.5, 0.6) is 0 Å². The topological polar surface area (TPSA) is 88.9 Å². The van der Waals surface area contributed by atoms with E-state index in [2.05, 4.69) is 20.4 Å². The first-order valence-corrected chi connectivity index (χ1v) is 7.68. The van der Waals surface area contributed by atoms with Gasteiger partial charge in [-0.05, 0) is 18.7 Å². The molecule has 2 aromatic rings. The molecule has 0 spiro atoms. The molecule has 2 N–H and O–H groups in total. The van der Waals surface area contributed by atoms with Gasteiger partial charge < -0.3 is 5.32 Å². The number of hydrogen-bond donors (Lipinski definition) is 2. The smallest absolute Gasteiger partial charge is 0.240 e. The van der Waals surface area contributed by atoms with E-state index < -0.39 is 10.0 Å². The minimum Gasteiger partial charge on any atom is -0.316 e. The van der Waals surface area contributed by atoms with Crippen LogP contribution in [0.1, 0.15) is 5.56 Å². The van der Waals surface area contributed by atoms with Gasteiger partial charge >= 0.3 is 0 Å². The molecule has 0 saturated heterocycles. The highest BCUT2D eigenvalue weighted by molar-refractivity contribution is 7.89. The number of rotatable bonds is 7. The van der Waals surface area contributed by atoms with Crippen molar-refractivity contribution in [3.8, 4) is 0 Å². The number of nitrogens with one attached hydrogen (secondary N) is 2. The number of nitrogens with zero attached hydrogens (tertiary/aromatic N) is 3. The van der Waals surface area contributed by atoms with Crippen molar-refractivity contribution in [2.24, 2.45) is 0 Å². The number of aromatic nitrogens is 3. The molecule has 0 saturated carbocycles. The van der Waals surface area contributed by atoms with Gasteiger partial charge in [0.25, 0.3) is 0 Å². The van der Waals surface area contributed by atoms with E-state index in [1.165, 1.54) is 0 Å². The molecular formula is C12H17N5O2S. The van der Waals surface area contributed by atoms with Crippen LogP contribution in [-0.4, -0.2) is 37.0 Å². The van der Waals surface area contributed by atoms with Crippen LogP contribution in [0, 0.1) is 0 Å². The lowest BCUT2D eigenvalue weighted by molar-refractivity contribution is 0.552. The molecule has 0 atom stereocenters. The molecule has 0 unspecified atom stereocenters. The Morgan fingerprint density at radius 2 is 2.10 bits per heavy atom. The number of sulfonamides is 1.